The highest BCUT2D eigenvalue weighted by Crippen LogP contribution is 2.26. The molecule has 2 aromatic carbocycles. The first kappa shape index (κ1) is 14.0. The summed E-state index contributed by atoms with van der Waals surface area (Å²) < 4.78 is 13.9. The van der Waals surface area contributed by atoms with E-state index in [0.29, 0.717) is 16.8 Å². The second-order valence-electron chi connectivity index (χ2n) is 5.04. The number of carbonyl (C=O) groups is 1. The van der Waals surface area contributed by atoms with E-state index >= 15 is 0 Å². The van der Waals surface area contributed by atoms with Crippen LogP contribution in [0.1, 0.15) is 16.1 Å². The number of anilines is 2. The Morgan fingerprint density at radius 3 is 2.59 bits per heavy atom. The highest BCUT2D eigenvalue weighted by Gasteiger charge is 2.16. The van der Waals surface area contributed by atoms with Crippen molar-refractivity contribution in [3.8, 4) is 0 Å². The number of aromatic nitrogens is 1. The van der Waals surface area contributed by atoms with Gasteiger partial charge in [-0.25, -0.2) is 4.39 Å². The number of carbonyl (C=O) groups excluding carboxylic acids is 1. The molecular formula is C17H14FN3O. The van der Waals surface area contributed by atoms with Crippen molar-refractivity contribution < 1.29 is 9.18 Å². The number of nitrogens with zero attached hydrogens (tertiary/aromatic N) is 1. The molecule has 0 spiro atoms. The van der Waals surface area contributed by atoms with Gasteiger partial charge in [0.1, 0.15) is 11.5 Å². The normalized spacial score (nSPS) is 10.6. The molecule has 4 nitrogen and oxygen atoms in total. The maximum absolute atomic E-state index is 13.9. The molecule has 3 N–H and O–H groups in total. The third-order valence-corrected chi connectivity index (χ3v) is 3.43. The summed E-state index contributed by atoms with van der Waals surface area (Å²) in [7, 11) is 0. The molecule has 0 aliphatic rings. The van der Waals surface area contributed by atoms with Gasteiger partial charge in [0, 0.05) is 28.3 Å². The lowest BCUT2D eigenvalue weighted by atomic mass is 10.1. The van der Waals surface area contributed by atoms with Gasteiger partial charge in [-0.15, -0.1) is 0 Å². The Kier molecular flexibility index (Phi) is 3.47. The molecule has 0 aliphatic carbocycles. The fourth-order valence-corrected chi connectivity index (χ4v) is 2.29. The zero-order chi connectivity index (χ0) is 15.7. The van der Waals surface area contributed by atoms with E-state index in [0.717, 1.165) is 5.56 Å². The number of nitrogen functional groups attached to an aromatic ring is 1. The van der Waals surface area contributed by atoms with Crippen molar-refractivity contribution in [3.63, 3.8) is 0 Å². The van der Waals surface area contributed by atoms with Gasteiger partial charge in [-0.3, -0.25) is 9.78 Å². The molecule has 0 radical (unpaired) electrons. The number of fused-ring (bicyclic) bond motifs is 1. The van der Waals surface area contributed by atoms with Crippen LogP contribution in [0.15, 0.2) is 48.7 Å². The molecule has 3 rings (SSSR count). The van der Waals surface area contributed by atoms with Gasteiger partial charge in [-0.2, -0.15) is 0 Å². The van der Waals surface area contributed by atoms with Crippen LogP contribution in [-0.4, -0.2) is 10.9 Å². The first-order valence-electron chi connectivity index (χ1n) is 6.77. The summed E-state index contributed by atoms with van der Waals surface area (Å²) in [5.41, 5.74) is 8.05. The highest BCUT2D eigenvalue weighted by atomic mass is 19.1. The van der Waals surface area contributed by atoms with Crippen LogP contribution in [0, 0.1) is 12.7 Å². The summed E-state index contributed by atoms with van der Waals surface area (Å²) in [5.74, 6) is -0.859. The first-order valence-corrected chi connectivity index (χ1v) is 6.77. The number of halogens is 1. The predicted octanol–water partition coefficient (Wildman–Crippen LogP) is 3.52. The quantitative estimate of drug-likeness (QED) is 0.711. The average molecular weight is 295 g/mol. The minimum atomic E-state index is -0.434. The number of rotatable bonds is 2. The molecule has 0 fully saturated rings. The van der Waals surface area contributed by atoms with Crippen LogP contribution in [0.25, 0.3) is 10.8 Å². The Morgan fingerprint density at radius 1 is 1.14 bits per heavy atom. The maximum Gasteiger partial charge on any atom is 0.274 e. The standard InChI is InChI=1S/C17H14FN3O/c1-10-2-4-11(5-3-10)21-17(22)16-15-12(8-9-20-16)13(18)6-7-14(15)19/h2-9H,19H2,1H3,(H,21,22). The molecular weight excluding hydrogens is 281 g/mol. The monoisotopic (exact) mass is 295 g/mol. The molecule has 22 heavy (non-hydrogen) atoms. The van der Waals surface area contributed by atoms with E-state index in [1.165, 1.54) is 24.4 Å². The number of nitrogens with one attached hydrogen (secondary N) is 1. The van der Waals surface area contributed by atoms with E-state index in [9.17, 15) is 9.18 Å². The molecule has 1 amide bonds. The van der Waals surface area contributed by atoms with Crippen LogP contribution >= 0.6 is 0 Å². The number of pyridine rings is 1. The molecule has 0 aliphatic heterocycles. The summed E-state index contributed by atoms with van der Waals surface area (Å²) in [5, 5.41) is 3.35. The summed E-state index contributed by atoms with van der Waals surface area (Å²) in [6.07, 6.45) is 1.40. The van der Waals surface area contributed by atoms with Gasteiger partial charge in [0.25, 0.3) is 5.91 Å². The van der Waals surface area contributed by atoms with Crippen molar-refractivity contribution in [1.82, 2.24) is 4.98 Å². The van der Waals surface area contributed by atoms with E-state index < -0.39 is 11.7 Å². The van der Waals surface area contributed by atoms with E-state index in [4.69, 9.17) is 5.73 Å². The van der Waals surface area contributed by atoms with Crippen molar-refractivity contribution in [2.45, 2.75) is 6.92 Å². The largest absolute Gasteiger partial charge is 0.398 e. The lowest BCUT2D eigenvalue weighted by Gasteiger charge is -2.09. The zero-order valence-electron chi connectivity index (χ0n) is 11.9. The van der Waals surface area contributed by atoms with Gasteiger partial charge in [0.2, 0.25) is 0 Å². The van der Waals surface area contributed by atoms with Crippen molar-refractivity contribution >= 4 is 28.1 Å². The number of aryl methyl sites for hydroxylation is 1. The minimum absolute atomic E-state index is 0.107. The molecule has 0 unspecified atom stereocenters. The van der Waals surface area contributed by atoms with Gasteiger partial charge >= 0.3 is 0 Å². The van der Waals surface area contributed by atoms with Crippen LogP contribution in [0.5, 0.6) is 0 Å². The first-order chi connectivity index (χ1) is 10.6. The molecule has 0 bridgehead atoms. The van der Waals surface area contributed by atoms with Crippen molar-refractivity contribution in [2.24, 2.45) is 0 Å². The second-order valence-corrected chi connectivity index (χ2v) is 5.04. The number of amides is 1. The zero-order valence-corrected chi connectivity index (χ0v) is 11.9. The fraction of sp³-hybridized carbons (Fsp3) is 0.0588. The van der Waals surface area contributed by atoms with E-state index in [1.807, 2.05) is 19.1 Å². The Labute approximate surface area is 126 Å². The van der Waals surface area contributed by atoms with Gasteiger partial charge in [-0.05, 0) is 37.3 Å². The summed E-state index contributed by atoms with van der Waals surface area (Å²) >= 11 is 0. The SMILES string of the molecule is Cc1ccc(NC(=O)c2nccc3c(F)ccc(N)c23)cc1. The lowest BCUT2D eigenvalue weighted by Crippen LogP contribution is -2.15. The molecule has 3 aromatic rings. The second kappa shape index (κ2) is 5.44. The van der Waals surface area contributed by atoms with Crippen LogP contribution in [0.3, 0.4) is 0 Å². The molecule has 0 saturated carbocycles. The maximum atomic E-state index is 13.9. The van der Waals surface area contributed by atoms with Crippen LogP contribution in [0.2, 0.25) is 0 Å². The van der Waals surface area contributed by atoms with Crippen molar-refractivity contribution in [1.29, 1.82) is 0 Å². The summed E-state index contributed by atoms with van der Waals surface area (Å²) in [6, 6.07) is 11.6. The Bertz CT molecular complexity index is 860. The van der Waals surface area contributed by atoms with Gasteiger partial charge in [0.15, 0.2) is 0 Å². The topological polar surface area (TPSA) is 68.0 Å². The summed E-state index contributed by atoms with van der Waals surface area (Å²) in [4.78, 5) is 16.5. The van der Waals surface area contributed by atoms with Crippen LogP contribution < -0.4 is 11.1 Å². The molecule has 1 heterocycles. The van der Waals surface area contributed by atoms with Crippen molar-refractivity contribution in [3.05, 3.63) is 65.7 Å². The summed E-state index contributed by atoms with van der Waals surface area (Å²) in [6.45, 7) is 1.96. The Balaban J connectivity index is 2.04. The number of benzene rings is 2. The van der Waals surface area contributed by atoms with E-state index in [2.05, 4.69) is 10.3 Å². The van der Waals surface area contributed by atoms with Crippen LogP contribution in [0.4, 0.5) is 15.8 Å². The van der Waals surface area contributed by atoms with Gasteiger partial charge in [-0.1, -0.05) is 17.7 Å². The lowest BCUT2D eigenvalue weighted by molar-refractivity contribution is 0.102. The Hall–Kier alpha value is -2.95. The van der Waals surface area contributed by atoms with E-state index in [1.54, 1.807) is 12.1 Å². The van der Waals surface area contributed by atoms with Crippen LogP contribution in [-0.2, 0) is 0 Å². The molecule has 110 valence electrons. The van der Waals surface area contributed by atoms with Gasteiger partial charge in [0.05, 0.1) is 0 Å². The molecule has 1 aromatic heterocycles. The minimum Gasteiger partial charge on any atom is -0.398 e. The molecule has 0 saturated heterocycles. The van der Waals surface area contributed by atoms with E-state index in [-0.39, 0.29) is 11.1 Å². The number of hydrogen-bond acceptors (Lipinski definition) is 3. The third kappa shape index (κ3) is 2.48. The molecule has 0 atom stereocenters. The smallest absolute Gasteiger partial charge is 0.274 e. The Morgan fingerprint density at radius 2 is 1.86 bits per heavy atom. The number of hydrogen-bond donors (Lipinski definition) is 2. The highest BCUT2D eigenvalue weighted by molar-refractivity contribution is 6.14. The number of nitrogens with two attached hydrogens (primary N) is 1. The molecule has 5 heteroatoms. The predicted molar refractivity (Wildman–Crippen MR) is 85.2 cm³/mol. The average Bonchev–Trinajstić information content (AvgIpc) is 2.53. The third-order valence-electron chi connectivity index (χ3n) is 3.43. The fourth-order valence-electron chi connectivity index (χ4n) is 2.29. The van der Waals surface area contributed by atoms with Crippen molar-refractivity contribution in [2.75, 3.05) is 11.1 Å². The van der Waals surface area contributed by atoms with Gasteiger partial charge < -0.3 is 11.1 Å².